The molecule has 2 aromatic rings. The van der Waals surface area contributed by atoms with Crippen LogP contribution < -0.4 is 10.6 Å². The van der Waals surface area contributed by atoms with Crippen molar-refractivity contribution in [2.24, 2.45) is 5.92 Å². The summed E-state index contributed by atoms with van der Waals surface area (Å²) in [5, 5.41) is 28.6. The maximum atomic E-state index is 14.0. The quantitative estimate of drug-likeness (QED) is 0.215. The Balaban J connectivity index is 1.46. The normalized spacial score (nSPS) is 26.9. The van der Waals surface area contributed by atoms with Crippen molar-refractivity contribution >= 4 is 23.3 Å². The average Bonchev–Trinajstić information content (AvgIpc) is 3.69. The van der Waals surface area contributed by atoms with Gasteiger partial charge in [0.05, 0.1) is 23.4 Å². The molecular weight excluding hydrogens is 524 g/mol. The number of carbonyl (C=O) groups is 3. The molecule has 1 saturated heterocycles. The maximum absolute atomic E-state index is 14.0. The third kappa shape index (κ3) is 3.70. The van der Waals surface area contributed by atoms with Crippen molar-refractivity contribution < 1.29 is 34.1 Å². The monoisotopic (exact) mass is 552 g/mol. The van der Waals surface area contributed by atoms with Gasteiger partial charge in [0.25, 0.3) is 0 Å². The second kappa shape index (κ2) is 9.52. The van der Waals surface area contributed by atoms with Gasteiger partial charge in [-0.15, -0.1) is 0 Å². The van der Waals surface area contributed by atoms with Crippen LogP contribution in [0.5, 0.6) is 5.75 Å². The SMILES string of the molecule is CCCOC(=O)NCc1ccc2c(c1)C(=O)c1c(O)cc3c(c1C2=O)N[C@H]1C#C/C=C\C#C[C@@H](O)[C@@]32O[C@@]12C(C)C. The number of fused-ring (bicyclic) bond motifs is 4. The van der Waals surface area contributed by atoms with Crippen LogP contribution >= 0.6 is 0 Å². The molecule has 1 amide bonds. The zero-order valence-electron chi connectivity index (χ0n) is 22.8. The lowest BCUT2D eigenvalue weighted by Gasteiger charge is -2.38. The highest BCUT2D eigenvalue weighted by Crippen LogP contribution is 2.68. The highest BCUT2D eigenvalue weighted by Gasteiger charge is 2.81. The molecule has 2 bridgehead atoms. The number of rotatable bonds is 5. The molecule has 208 valence electrons. The van der Waals surface area contributed by atoms with Gasteiger partial charge in [0.1, 0.15) is 17.4 Å². The van der Waals surface area contributed by atoms with E-state index in [1.54, 1.807) is 12.1 Å². The van der Waals surface area contributed by atoms with E-state index in [0.717, 1.165) is 0 Å². The van der Waals surface area contributed by atoms with Gasteiger partial charge in [-0.3, -0.25) is 9.59 Å². The topological polar surface area (TPSA) is 137 Å². The molecule has 0 unspecified atom stereocenters. The number of ketones is 2. The van der Waals surface area contributed by atoms with Gasteiger partial charge in [0, 0.05) is 23.2 Å². The molecule has 9 heteroatoms. The largest absolute Gasteiger partial charge is 0.507 e. The zero-order valence-corrected chi connectivity index (χ0v) is 22.8. The molecule has 9 nitrogen and oxygen atoms in total. The van der Waals surface area contributed by atoms with Gasteiger partial charge < -0.3 is 30.3 Å². The summed E-state index contributed by atoms with van der Waals surface area (Å²) in [7, 11) is 0. The van der Waals surface area contributed by atoms with Crippen LogP contribution in [0.2, 0.25) is 0 Å². The van der Waals surface area contributed by atoms with Crippen molar-refractivity contribution in [1.82, 2.24) is 5.32 Å². The standard InChI is InChI=1S/C32H28N2O7/c1-4-13-40-30(39)33-16-18-11-12-19-20(14-18)29(38)25-22(35)15-21-27(26(25)28(19)37)34-23-9-7-5-6-8-10-24(36)32(21)31(23,41-32)17(2)3/h5-6,11-12,14-15,17,23-24,34-36H,4,13,16H2,1-3H3,(H,33,39)/b6-5-/t23-,24+,31-,32-/m0/s1. The molecule has 41 heavy (non-hydrogen) atoms. The number of benzene rings is 2. The number of aliphatic hydroxyl groups excluding tert-OH is 1. The Bertz CT molecular complexity index is 1690. The number of amides is 1. The van der Waals surface area contributed by atoms with Crippen LogP contribution in [0.3, 0.4) is 0 Å². The smallest absolute Gasteiger partial charge is 0.407 e. The molecule has 1 fully saturated rings. The molecule has 2 aliphatic heterocycles. The van der Waals surface area contributed by atoms with Gasteiger partial charge >= 0.3 is 6.09 Å². The minimum absolute atomic E-state index is 0.00156. The van der Waals surface area contributed by atoms with Crippen LogP contribution in [0.25, 0.3) is 0 Å². The van der Waals surface area contributed by atoms with Crippen LogP contribution in [0, 0.1) is 29.6 Å². The first kappa shape index (κ1) is 26.6. The van der Waals surface area contributed by atoms with E-state index < -0.39 is 46.8 Å². The predicted molar refractivity (Wildman–Crippen MR) is 148 cm³/mol. The molecule has 0 radical (unpaired) electrons. The number of phenols is 1. The fourth-order valence-corrected chi connectivity index (χ4v) is 6.26. The molecule has 0 spiro atoms. The zero-order chi connectivity index (χ0) is 29.1. The van der Waals surface area contributed by atoms with E-state index in [0.29, 0.717) is 17.5 Å². The van der Waals surface area contributed by atoms with E-state index in [-0.39, 0.29) is 47.0 Å². The van der Waals surface area contributed by atoms with E-state index >= 15 is 0 Å². The predicted octanol–water partition coefficient (Wildman–Crippen LogP) is 3.16. The third-order valence-electron chi connectivity index (χ3n) is 8.13. The third-order valence-corrected chi connectivity index (χ3v) is 8.13. The molecule has 2 aliphatic carbocycles. The number of aliphatic hydroxyl groups is 1. The number of alkyl carbamates (subject to hydrolysis) is 1. The molecule has 0 aromatic heterocycles. The lowest BCUT2D eigenvalue weighted by molar-refractivity contribution is 0.0975. The van der Waals surface area contributed by atoms with Crippen LogP contribution in [-0.4, -0.2) is 52.2 Å². The van der Waals surface area contributed by atoms with Crippen LogP contribution in [-0.2, 0) is 21.6 Å². The van der Waals surface area contributed by atoms with Gasteiger partial charge in [0.2, 0.25) is 0 Å². The van der Waals surface area contributed by atoms with E-state index in [1.165, 1.54) is 24.3 Å². The van der Waals surface area contributed by atoms with Gasteiger partial charge in [-0.25, -0.2) is 4.79 Å². The summed E-state index contributed by atoms with van der Waals surface area (Å²) in [5.74, 6) is 10.2. The number of nitrogens with one attached hydrogen (secondary N) is 2. The lowest BCUT2D eigenvalue weighted by atomic mass is 9.67. The molecule has 4 N–H and O–H groups in total. The molecule has 0 saturated carbocycles. The summed E-state index contributed by atoms with van der Waals surface area (Å²) >= 11 is 0. The van der Waals surface area contributed by atoms with Crippen molar-refractivity contribution in [3.8, 4) is 29.4 Å². The molecular formula is C32H28N2O7. The number of hydrogen-bond acceptors (Lipinski definition) is 8. The fraction of sp³-hybridized carbons (Fsp3) is 0.344. The molecule has 2 heterocycles. The number of ether oxygens (including phenoxy) is 2. The summed E-state index contributed by atoms with van der Waals surface area (Å²) in [4.78, 5) is 39.7. The molecule has 6 rings (SSSR count). The number of anilines is 1. The van der Waals surface area contributed by atoms with E-state index in [4.69, 9.17) is 9.47 Å². The first-order valence-corrected chi connectivity index (χ1v) is 13.5. The van der Waals surface area contributed by atoms with E-state index in [2.05, 4.69) is 34.3 Å². The number of carbonyl (C=O) groups excluding carboxylic acids is 3. The van der Waals surface area contributed by atoms with Gasteiger partial charge in [0.15, 0.2) is 23.3 Å². The number of hydrogen-bond donors (Lipinski definition) is 4. The van der Waals surface area contributed by atoms with Gasteiger partial charge in [-0.1, -0.05) is 50.5 Å². The highest BCUT2D eigenvalue weighted by molar-refractivity contribution is 6.31. The summed E-state index contributed by atoms with van der Waals surface area (Å²) in [6.45, 7) is 6.16. The Morgan fingerprint density at radius 3 is 2.59 bits per heavy atom. The summed E-state index contributed by atoms with van der Waals surface area (Å²) < 4.78 is 11.4. The van der Waals surface area contributed by atoms with Crippen LogP contribution in [0.4, 0.5) is 10.5 Å². The minimum atomic E-state index is -1.38. The first-order valence-electron chi connectivity index (χ1n) is 13.5. The number of epoxide rings is 1. The van der Waals surface area contributed by atoms with E-state index in [1.807, 2.05) is 20.8 Å². The Labute approximate surface area is 236 Å². The fourth-order valence-electron chi connectivity index (χ4n) is 6.26. The molecule has 4 atom stereocenters. The Morgan fingerprint density at radius 2 is 1.85 bits per heavy atom. The first-order chi connectivity index (χ1) is 19.7. The van der Waals surface area contributed by atoms with Crippen LogP contribution in [0.15, 0.2) is 36.4 Å². The maximum Gasteiger partial charge on any atom is 0.407 e. The Kier molecular flexibility index (Phi) is 6.18. The molecule has 4 aliphatic rings. The summed E-state index contributed by atoms with van der Waals surface area (Å²) in [6.07, 6.45) is 1.92. The van der Waals surface area contributed by atoms with Crippen molar-refractivity contribution in [2.45, 2.75) is 57.1 Å². The Morgan fingerprint density at radius 1 is 1.12 bits per heavy atom. The van der Waals surface area contributed by atoms with Gasteiger partial charge in [-0.05, 0) is 48.3 Å². The second-order valence-corrected chi connectivity index (χ2v) is 10.8. The second-order valence-electron chi connectivity index (χ2n) is 10.8. The summed E-state index contributed by atoms with van der Waals surface area (Å²) in [5.41, 5.74) is -1.02. The average molecular weight is 553 g/mol. The minimum Gasteiger partial charge on any atom is -0.507 e. The number of aromatic hydroxyl groups is 1. The highest BCUT2D eigenvalue weighted by atomic mass is 16.6. The van der Waals surface area contributed by atoms with Crippen LogP contribution in [0.1, 0.15) is 70.2 Å². The number of phenolic OH excluding ortho intramolecular Hbond substituents is 1. The van der Waals surface area contributed by atoms with Crippen molar-refractivity contribution in [2.75, 3.05) is 11.9 Å². The van der Waals surface area contributed by atoms with Crippen molar-refractivity contribution in [1.29, 1.82) is 0 Å². The Hall–Kier alpha value is -4.57. The van der Waals surface area contributed by atoms with Crippen molar-refractivity contribution in [3.63, 3.8) is 0 Å². The summed E-state index contributed by atoms with van der Waals surface area (Å²) in [6, 6.07) is 5.46. The van der Waals surface area contributed by atoms with Gasteiger partial charge in [-0.2, -0.15) is 0 Å². The lowest BCUT2D eigenvalue weighted by Crippen LogP contribution is -2.52. The van der Waals surface area contributed by atoms with Crippen molar-refractivity contribution in [3.05, 3.63) is 69.8 Å². The number of allylic oxidation sites excluding steroid dienone is 2. The molecule has 2 aromatic carbocycles. The van der Waals surface area contributed by atoms with E-state index in [9.17, 15) is 24.6 Å².